The average Bonchev–Trinajstić information content (AvgIpc) is 3.16. The van der Waals surface area contributed by atoms with Crippen molar-refractivity contribution in [1.29, 1.82) is 0 Å². The van der Waals surface area contributed by atoms with Crippen LogP contribution in [0.2, 0.25) is 0 Å². The molecule has 0 spiro atoms. The summed E-state index contributed by atoms with van der Waals surface area (Å²) in [6.07, 6.45) is 0. The Bertz CT molecular complexity index is 971. The van der Waals surface area contributed by atoms with Gasteiger partial charge in [0.25, 0.3) is 5.91 Å². The van der Waals surface area contributed by atoms with Gasteiger partial charge in [-0.15, -0.1) is 23.1 Å². The Hall–Kier alpha value is -2.64. The van der Waals surface area contributed by atoms with Crippen molar-refractivity contribution in [3.05, 3.63) is 65.0 Å². The Morgan fingerprint density at radius 2 is 1.93 bits per heavy atom. The minimum atomic E-state index is -0.426. The van der Waals surface area contributed by atoms with E-state index in [1.807, 2.05) is 67.8 Å². The number of hydrogen-bond acceptors (Lipinski definition) is 6. The highest BCUT2D eigenvalue weighted by Gasteiger charge is 2.12. The number of thiazole rings is 1. The highest BCUT2D eigenvalue weighted by atomic mass is 32.2. The number of aryl methyl sites for hydroxylation is 2. The standard InChI is InChI=1S/C21H20N2O3S2/c1-14-8-9-15(2)18(10-14)27-13-20(25)26-11-19(24)23-21-22-17(12-28-21)16-6-4-3-5-7-16/h3-10,12H,11,13H2,1-2H3,(H,22,23,24). The van der Waals surface area contributed by atoms with Gasteiger partial charge in [-0.25, -0.2) is 4.98 Å². The largest absolute Gasteiger partial charge is 0.455 e. The maximum absolute atomic E-state index is 12.0. The molecule has 0 atom stereocenters. The smallest absolute Gasteiger partial charge is 0.316 e. The Morgan fingerprint density at radius 3 is 2.71 bits per heavy atom. The van der Waals surface area contributed by atoms with E-state index in [2.05, 4.69) is 10.3 Å². The summed E-state index contributed by atoms with van der Waals surface area (Å²) in [6.45, 7) is 3.68. The van der Waals surface area contributed by atoms with Crippen molar-refractivity contribution < 1.29 is 14.3 Å². The second kappa shape index (κ2) is 9.52. The molecule has 1 heterocycles. The van der Waals surface area contributed by atoms with Gasteiger partial charge in [-0.3, -0.25) is 14.9 Å². The Kier molecular flexibility index (Phi) is 6.84. The van der Waals surface area contributed by atoms with Gasteiger partial charge in [-0.05, 0) is 25.5 Å². The van der Waals surface area contributed by atoms with Crippen LogP contribution in [0.1, 0.15) is 11.1 Å². The molecule has 0 bridgehead atoms. The summed E-state index contributed by atoms with van der Waals surface area (Å²) in [6, 6.07) is 15.8. The zero-order chi connectivity index (χ0) is 19.9. The molecule has 28 heavy (non-hydrogen) atoms. The number of aromatic nitrogens is 1. The van der Waals surface area contributed by atoms with Gasteiger partial charge in [0.05, 0.1) is 11.4 Å². The molecule has 2 aromatic carbocycles. The molecular formula is C21H20N2O3S2. The number of benzene rings is 2. The van der Waals surface area contributed by atoms with Gasteiger partial charge in [-0.2, -0.15) is 0 Å². The van der Waals surface area contributed by atoms with Crippen LogP contribution < -0.4 is 5.32 Å². The zero-order valence-electron chi connectivity index (χ0n) is 15.6. The Balaban J connectivity index is 1.45. The predicted octanol–water partition coefficient (Wildman–Crippen LogP) is 4.70. The summed E-state index contributed by atoms with van der Waals surface area (Å²) >= 11 is 2.74. The number of hydrogen-bond donors (Lipinski definition) is 1. The van der Waals surface area contributed by atoms with Gasteiger partial charge in [0.15, 0.2) is 11.7 Å². The second-order valence-electron chi connectivity index (χ2n) is 6.17. The number of ether oxygens (including phenoxy) is 1. The lowest BCUT2D eigenvalue weighted by Crippen LogP contribution is -2.21. The number of anilines is 1. The Labute approximate surface area is 172 Å². The third-order valence-corrected chi connectivity index (χ3v) is 5.76. The van der Waals surface area contributed by atoms with Crippen LogP contribution in [0.25, 0.3) is 11.3 Å². The van der Waals surface area contributed by atoms with E-state index in [9.17, 15) is 9.59 Å². The summed E-state index contributed by atoms with van der Waals surface area (Å²) in [5.74, 6) is -0.670. The number of carbonyl (C=O) groups is 2. The van der Waals surface area contributed by atoms with Crippen LogP contribution in [0, 0.1) is 13.8 Å². The molecule has 0 aliphatic rings. The summed E-state index contributed by atoms with van der Waals surface area (Å²) in [5, 5.41) is 5.01. The molecule has 1 aromatic heterocycles. The number of thioether (sulfide) groups is 1. The average molecular weight is 413 g/mol. The van der Waals surface area contributed by atoms with Crippen LogP contribution in [-0.4, -0.2) is 29.2 Å². The van der Waals surface area contributed by atoms with Crippen LogP contribution in [0.3, 0.4) is 0 Å². The third kappa shape index (κ3) is 5.68. The molecule has 0 fully saturated rings. The maximum atomic E-state index is 12.0. The highest BCUT2D eigenvalue weighted by Crippen LogP contribution is 2.25. The van der Waals surface area contributed by atoms with E-state index in [0.717, 1.165) is 27.3 Å². The molecule has 0 radical (unpaired) electrons. The molecule has 7 heteroatoms. The Morgan fingerprint density at radius 1 is 1.14 bits per heavy atom. The lowest BCUT2D eigenvalue weighted by atomic mass is 10.2. The van der Waals surface area contributed by atoms with Crippen molar-refractivity contribution in [2.75, 3.05) is 17.7 Å². The SMILES string of the molecule is Cc1ccc(C)c(SCC(=O)OCC(=O)Nc2nc(-c3ccccc3)cs2)c1. The fraction of sp³-hybridized carbons (Fsp3) is 0.190. The summed E-state index contributed by atoms with van der Waals surface area (Å²) in [7, 11) is 0. The van der Waals surface area contributed by atoms with E-state index >= 15 is 0 Å². The number of esters is 1. The van der Waals surface area contributed by atoms with Crippen molar-refractivity contribution >= 4 is 40.1 Å². The van der Waals surface area contributed by atoms with Crippen LogP contribution in [-0.2, 0) is 14.3 Å². The first kappa shape index (κ1) is 20.1. The molecule has 5 nitrogen and oxygen atoms in total. The molecule has 1 amide bonds. The molecule has 3 aromatic rings. The monoisotopic (exact) mass is 412 g/mol. The minimum absolute atomic E-state index is 0.160. The van der Waals surface area contributed by atoms with Gasteiger partial charge in [-0.1, -0.05) is 48.0 Å². The predicted molar refractivity (Wildman–Crippen MR) is 114 cm³/mol. The van der Waals surface area contributed by atoms with Crippen LogP contribution in [0.15, 0.2) is 58.8 Å². The summed E-state index contributed by atoms with van der Waals surface area (Å²) in [4.78, 5) is 29.4. The third-order valence-electron chi connectivity index (χ3n) is 3.87. The van der Waals surface area contributed by atoms with Crippen molar-refractivity contribution in [1.82, 2.24) is 4.98 Å². The number of rotatable bonds is 7. The van der Waals surface area contributed by atoms with E-state index in [0.29, 0.717) is 5.13 Å². The molecule has 0 aliphatic carbocycles. The molecule has 144 valence electrons. The van der Waals surface area contributed by atoms with E-state index < -0.39 is 11.9 Å². The normalized spacial score (nSPS) is 10.5. The first-order valence-electron chi connectivity index (χ1n) is 8.68. The van der Waals surface area contributed by atoms with E-state index in [-0.39, 0.29) is 12.4 Å². The fourth-order valence-electron chi connectivity index (χ4n) is 2.42. The van der Waals surface area contributed by atoms with Crippen LogP contribution in [0.4, 0.5) is 5.13 Å². The van der Waals surface area contributed by atoms with Crippen LogP contribution in [0.5, 0.6) is 0 Å². The first-order valence-corrected chi connectivity index (χ1v) is 10.5. The molecule has 0 aliphatic heterocycles. The van der Waals surface area contributed by atoms with Crippen molar-refractivity contribution in [2.24, 2.45) is 0 Å². The summed E-state index contributed by atoms with van der Waals surface area (Å²) in [5.41, 5.74) is 4.02. The lowest BCUT2D eigenvalue weighted by Gasteiger charge is -2.07. The van der Waals surface area contributed by atoms with E-state index in [4.69, 9.17) is 4.74 Å². The molecule has 1 N–H and O–H groups in total. The molecular weight excluding hydrogens is 392 g/mol. The molecule has 0 saturated carbocycles. The number of carbonyl (C=O) groups excluding carboxylic acids is 2. The zero-order valence-corrected chi connectivity index (χ0v) is 17.2. The van der Waals surface area contributed by atoms with Crippen molar-refractivity contribution in [3.63, 3.8) is 0 Å². The molecule has 0 unspecified atom stereocenters. The first-order chi connectivity index (χ1) is 13.5. The molecule has 0 saturated heterocycles. The highest BCUT2D eigenvalue weighted by molar-refractivity contribution is 8.00. The van der Waals surface area contributed by atoms with E-state index in [1.54, 1.807) is 0 Å². The van der Waals surface area contributed by atoms with Gasteiger partial charge < -0.3 is 4.74 Å². The number of nitrogens with one attached hydrogen (secondary N) is 1. The van der Waals surface area contributed by atoms with Gasteiger partial charge in [0, 0.05) is 15.8 Å². The van der Waals surface area contributed by atoms with Gasteiger partial charge in [0.1, 0.15) is 0 Å². The van der Waals surface area contributed by atoms with Gasteiger partial charge >= 0.3 is 5.97 Å². The van der Waals surface area contributed by atoms with Crippen molar-refractivity contribution in [2.45, 2.75) is 18.7 Å². The van der Waals surface area contributed by atoms with Gasteiger partial charge in [0.2, 0.25) is 0 Å². The fourth-order valence-corrected chi connectivity index (χ4v) is 4.07. The quantitative estimate of drug-likeness (QED) is 0.450. The topological polar surface area (TPSA) is 68.3 Å². The molecule has 3 rings (SSSR count). The lowest BCUT2D eigenvalue weighted by molar-refractivity contribution is -0.144. The minimum Gasteiger partial charge on any atom is -0.455 e. The maximum Gasteiger partial charge on any atom is 0.316 e. The van der Waals surface area contributed by atoms with Crippen LogP contribution >= 0.6 is 23.1 Å². The summed E-state index contributed by atoms with van der Waals surface area (Å²) < 4.78 is 5.06. The second-order valence-corrected chi connectivity index (χ2v) is 8.05. The van der Waals surface area contributed by atoms with E-state index in [1.165, 1.54) is 23.1 Å². The van der Waals surface area contributed by atoms with Crippen molar-refractivity contribution in [3.8, 4) is 11.3 Å². The number of nitrogens with zero attached hydrogens (tertiary/aromatic N) is 1. The number of amides is 1.